The standard InChI is InChI=1S/C18H32N6O5/c1-18(2,3)29-17(27)22-16-21-13(25)10-8-6-5-7-9-11-28-14(26)12-24(16)23-15(19)20-4/h5-12H2,1-4H3,(H3,19,20,23)(H,21,22,25,27)/i4D3. The lowest BCUT2D eigenvalue weighted by atomic mass is 10.1. The minimum absolute atomic E-state index is 0.157. The van der Waals surface area contributed by atoms with E-state index in [4.69, 9.17) is 19.3 Å². The molecule has 164 valence electrons. The van der Waals surface area contributed by atoms with Crippen molar-refractivity contribution in [1.82, 2.24) is 15.8 Å². The number of esters is 1. The van der Waals surface area contributed by atoms with Gasteiger partial charge in [0.15, 0.2) is 0 Å². The molecule has 1 rings (SSSR count). The fourth-order valence-corrected chi connectivity index (χ4v) is 2.32. The molecule has 1 aliphatic heterocycles. The number of cyclic esters (lactones) is 1. The number of carbonyl (C=O) groups is 3. The molecule has 1 heterocycles. The molecule has 1 saturated heterocycles. The number of hydrogen-bond acceptors (Lipinski definition) is 6. The highest BCUT2D eigenvalue weighted by molar-refractivity contribution is 6.02. The first kappa shape index (κ1) is 19.5. The van der Waals surface area contributed by atoms with Crippen LogP contribution in [0.5, 0.6) is 0 Å². The number of aliphatic imine (C=N–C) groups is 2. The molecule has 0 aromatic carbocycles. The van der Waals surface area contributed by atoms with Gasteiger partial charge in [-0.15, -0.1) is 4.99 Å². The summed E-state index contributed by atoms with van der Waals surface area (Å²) in [6.45, 7) is 1.77. The van der Waals surface area contributed by atoms with Crippen molar-refractivity contribution in [2.75, 3.05) is 20.1 Å². The number of amides is 2. The van der Waals surface area contributed by atoms with Crippen LogP contribution in [0.25, 0.3) is 0 Å². The third kappa shape index (κ3) is 10.9. The summed E-state index contributed by atoms with van der Waals surface area (Å²) in [6, 6.07) is 0. The molecule has 0 aromatic rings. The third-order valence-electron chi connectivity index (χ3n) is 3.57. The maximum absolute atomic E-state index is 12.4. The van der Waals surface area contributed by atoms with Crippen molar-refractivity contribution in [3.63, 3.8) is 0 Å². The van der Waals surface area contributed by atoms with Gasteiger partial charge in [0.25, 0.3) is 0 Å². The SMILES string of the molecule is [2H]C([2H])([2H])N=C(N)NN1CC(=O)OCCCCCCCC(=O)NC1=NC(=O)OC(C)(C)C. The summed E-state index contributed by atoms with van der Waals surface area (Å²) < 4.78 is 31.9. The van der Waals surface area contributed by atoms with Crippen LogP contribution in [0.3, 0.4) is 0 Å². The molecule has 0 radical (unpaired) electrons. The van der Waals surface area contributed by atoms with Crippen LogP contribution in [0.2, 0.25) is 0 Å². The number of nitrogens with zero attached hydrogens (tertiary/aromatic N) is 3. The molecule has 11 heteroatoms. The molecule has 1 aliphatic rings. The molecule has 11 nitrogen and oxygen atoms in total. The van der Waals surface area contributed by atoms with E-state index in [2.05, 4.69) is 20.7 Å². The van der Waals surface area contributed by atoms with Gasteiger partial charge < -0.3 is 15.2 Å². The zero-order valence-corrected chi connectivity index (χ0v) is 17.1. The Hall–Kier alpha value is -2.85. The van der Waals surface area contributed by atoms with Gasteiger partial charge in [-0.05, 0) is 33.6 Å². The van der Waals surface area contributed by atoms with Gasteiger partial charge in [-0.1, -0.05) is 19.3 Å². The monoisotopic (exact) mass is 415 g/mol. The van der Waals surface area contributed by atoms with Crippen LogP contribution >= 0.6 is 0 Å². The number of hydrazine groups is 1. The largest absolute Gasteiger partial charge is 0.464 e. The van der Waals surface area contributed by atoms with Crippen molar-refractivity contribution in [3.8, 4) is 0 Å². The Labute approximate surface area is 175 Å². The topological polar surface area (TPSA) is 148 Å². The molecular formula is C18H32N6O5. The van der Waals surface area contributed by atoms with Crippen LogP contribution in [-0.4, -0.2) is 60.6 Å². The van der Waals surface area contributed by atoms with E-state index in [1.165, 1.54) is 0 Å². The Morgan fingerprint density at radius 1 is 1.28 bits per heavy atom. The number of hydrogen-bond donors (Lipinski definition) is 3. The second kappa shape index (κ2) is 11.9. The number of nitrogens with one attached hydrogen (secondary N) is 2. The van der Waals surface area contributed by atoms with Crippen LogP contribution in [0.15, 0.2) is 9.98 Å². The summed E-state index contributed by atoms with van der Waals surface area (Å²) >= 11 is 0. The molecule has 2 amide bonds. The van der Waals surface area contributed by atoms with Crippen molar-refractivity contribution < 1.29 is 28.0 Å². The van der Waals surface area contributed by atoms with Crippen LogP contribution in [-0.2, 0) is 19.1 Å². The second-order valence-corrected chi connectivity index (χ2v) is 7.40. The second-order valence-electron chi connectivity index (χ2n) is 7.40. The van der Waals surface area contributed by atoms with Crippen LogP contribution in [0.4, 0.5) is 4.79 Å². The Bertz CT molecular complexity index is 734. The normalized spacial score (nSPS) is 21.8. The minimum atomic E-state index is -2.76. The molecule has 0 bridgehead atoms. The Morgan fingerprint density at radius 2 is 1.97 bits per heavy atom. The average Bonchev–Trinajstić information content (AvgIpc) is 2.59. The lowest BCUT2D eigenvalue weighted by molar-refractivity contribution is -0.144. The van der Waals surface area contributed by atoms with Gasteiger partial charge >= 0.3 is 12.1 Å². The lowest BCUT2D eigenvalue weighted by Crippen LogP contribution is -2.56. The molecule has 0 aromatic heterocycles. The molecule has 0 spiro atoms. The van der Waals surface area contributed by atoms with E-state index in [1.54, 1.807) is 20.8 Å². The van der Waals surface area contributed by atoms with E-state index in [-0.39, 0.29) is 13.0 Å². The summed E-state index contributed by atoms with van der Waals surface area (Å²) in [6.07, 6.45) is 2.93. The number of guanidine groups is 2. The summed E-state index contributed by atoms with van der Waals surface area (Å²) in [5.74, 6) is -2.19. The van der Waals surface area contributed by atoms with Gasteiger partial charge in [-0.2, -0.15) is 0 Å². The Kier molecular flexibility index (Phi) is 7.97. The van der Waals surface area contributed by atoms with E-state index in [9.17, 15) is 14.4 Å². The predicted molar refractivity (Wildman–Crippen MR) is 108 cm³/mol. The van der Waals surface area contributed by atoms with Gasteiger partial charge in [0, 0.05) is 17.5 Å². The number of ether oxygens (including phenoxy) is 2. The van der Waals surface area contributed by atoms with Gasteiger partial charge in [0.05, 0.1) is 6.61 Å². The van der Waals surface area contributed by atoms with Crippen molar-refractivity contribution in [2.45, 2.75) is 64.9 Å². The first-order valence-electron chi connectivity index (χ1n) is 10.9. The van der Waals surface area contributed by atoms with E-state index in [0.29, 0.717) is 12.8 Å². The zero-order valence-electron chi connectivity index (χ0n) is 20.1. The van der Waals surface area contributed by atoms with E-state index < -0.39 is 49.0 Å². The predicted octanol–water partition coefficient (Wildman–Crippen LogP) is 1.04. The average molecular weight is 416 g/mol. The molecule has 29 heavy (non-hydrogen) atoms. The summed E-state index contributed by atoms with van der Waals surface area (Å²) in [5, 5.41) is 3.32. The van der Waals surface area contributed by atoms with Crippen molar-refractivity contribution in [1.29, 1.82) is 0 Å². The summed E-state index contributed by atoms with van der Waals surface area (Å²) in [5.41, 5.74) is 7.13. The molecule has 0 aliphatic carbocycles. The van der Waals surface area contributed by atoms with Gasteiger partial charge in [-0.25, -0.2) is 9.80 Å². The first-order valence-corrected chi connectivity index (χ1v) is 9.42. The van der Waals surface area contributed by atoms with Gasteiger partial charge in [0.2, 0.25) is 17.8 Å². The third-order valence-corrected chi connectivity index (χ3v) is 3.57. The molecule has 0 saturated carbocycles. The van der Waals surface area contributed by atoms with Crippen molar-refractivity contribution in [3.05, 3.63) is 0 Å². The number of nitrogens with two attached hydrogens (primary N) is 1. The van der Waals surface area contributed by atoms with E-state index in [1.807, 2.05) is 0 Å². The fraction of sp³-hybridized carbons (Fsp3) is 0.722. The van der Waals surface area contributed by atoms with E-state index in [0.717, 1.165) is 24.3 Å². The fourth-order valence-electron chi connectivity index (χ4n) is 2.32. The Balaban J connectivity index is 3.27. The van der Waals surface area contributed by atoms with Gasteiger partial charge in [0.1, 0.15) is 12.1 Å². The highest BCUT2D eigenvalue weighted by Gasteiger charge is 2.23. The quantitative estimate of drug-likeness (QED) is 0.327. The van der Waals surface area contributed by atoms with Crippen LogP contribution in [0, 0.1) is 0 Å². The van der Waals surface area contributed by atoms with Crippen LogP contribution in [0.1, 0.15) is 63.4 Å². The van der Waals surface area contributed by atoms with E-state index >= 15 is 0 Å². The number of carbonyl (C=O) groups excluding carboxylic acids is 3. The molecular weight excluding hydrogens is 380 g/mol. The lowest BCUT2D eigenvalue weighted by Gasteiger charge is -2.26. The first-order chi connectivity index (χ1) is 14.7. The minimum Gasteiger partial charge on any atom is -0.464 e. The summed E-state index contributed by atoms with van der Waals surface area (Å²) in [7, 11) is 0. The van der Waals surface area contributed by atoms with Crippen molar-refractivity contribution in [2.24, 2.45) is 15.7 Å². The molecule has 0 unspecified atom stereocenters. The maximum atomic E-state index is 12.4. The summed E-state index contributed by atoms with van der Waals surface area (Å²) in [4.78, 5) is 44.0. The number of rotatable bonds is 1. The van der Waals surface area contributed by atoms with Gasteiger partial charge in [-0.3, -0.25) is 25.3 Å². The Morgan fingerprint density at radius 3 is 2.66 bits per heavy atom. The smallest absolute Gasteiger partial charge is 0.437 e. The zero-order chi connectivity index (χ0) is 24.4. The highest BCUT2D eigenvalue weighted by atomic mass is 16.6. The molecule has 0 atom stereocenters. The molecule has 1 fully saturated rings. The van der Waals surface area contributed by atoms with Crippen molar-refractivity contribution >= 4 is 29.9 Å². The van der Waals surface area contributed by atoms with Crippen LogP contribution < -0.4 is 16.5 Å². The molecule has 4 N–H and O–H groups in total. The maximum Gasteiger partial charge on any atom is 0.437 e. The highest BCUT2D eigenvalue weighted by Crippen LogP contribution is 2.09.